The highest BCUT2D eigenvalue weighted by atomic mass is 16.2. The van der Waals surface area contributed by atoms with Crippen molar-refractivity contribution in [2.45, 2.75) is 13.3 Å². The highest BCUT2D eigenvalue weighted by Crippen LogP contribution is 2.23. The average Bonchev–Trinajstić information content (AvgIpc) is 2.89. The van der Waals surface area contributed by atoms with E-state index in [4.69, 9.17) is 0 Å². The third-order valence-electron chi connectivity index (χ3n) is 3.78. The second-order valence-electron chi connectivity index (χ2n) is 5.47. The van der Waals surface area contributed by atoms with Crippen molar-refractivity contribution in [1.29, 1.82) is 0 Å². The molecular formula is C15H14N2O4. The number of amides is 4. The Morgan fingerprint density at radius 3 is 2.19 bits per heavy atom. The zero-order chi connectivity index (χ0) is 15.1. The number of fused-ring (bicyclic) bond motifs is 1. The van der Waals surface area contributed by atoms with Crippen LogP contribution in [-0.2, 0) is 9.59 Å². The van der Waals surface area contributed by atoms with E-state index in [-0.39, 0.29) is 29.5 Å². The minimum absolute atomic E-state index is 0.118. The van der Waals surface area contributed by atoms with Crippen molar-refractivity contribution < 1.29 is 19.2 Å². The Morgan fingerprint density at radius 1 is 1.14 bits per heavy atom. The maximum atomic E-state index is 12.2. The molecule has 6 nitrogen and oxygen atoms in total. The van der Waals surface area contributed by atoms with E-state index in [1.165, 1.54) is 17.0 Å². The molecule has 1 fully saturated rings. The first-order valence-corrected chi connectivity index (χ1v) is 6.77. The molecule has 6 heteroatoms. The Labute approximate surface area is 121 Å². The SMILES string of the molecule is C[C@@H]1CC(=O)N(CC(=O)N2C(=O)c3ccccc3C2=O)C1. The number of carbonyl (C=O) groups is 4. The Kier molecular flexibility index (Phi) is 3.08. The molecule has 0 aliphatic carbocycles. The lowest BCUT2D eigenvalue weighted by molar-refractivity contribution is -0.135. The van der Waals surface area contributed by atoms with E-state index in [0.717, 1.165) is 0 Å². The van der Waals surface area contributed by atoms with Crippen molar-refractivity contribution in [2.24, 2.45) is 5.92 Å². The van der Waals surface area contributed by atoms with E-state index in [1.54, 1.807) is 12.1 Å². The third-order valence-corrected chi connectivity index (χ3v) is 3.78. The Bertz CT molecular complexity index is 632. The van der Waals surface area contributed by atoms with Crippen LogP contribution in [0.1, 0.15) is 34.1 Å². The summed E-state index contributed by atoms with van der Waals surface area (Å²) in [5.74, 6) is -1.80. The van der Waals surface area contributed by atoms with Crippen LogP contribution < -0.4 is 0 Å². The normalized spacial score (nSPS) is 21.2. The van der Waals surface area contributed by atoms with Gasteiger partial charge in [0.15, 0.2) is 0 Å². The monoisotopic (exact) mass is 286 g/mol. The van der Waals surface area contributed by atoms with Crippen LogP contribution in [0.5, 0.6) is 0 Å². The molecule has 1 atom stereocenters. The molecular weight excluding hydrogens is 272 g/mol. The number of imide groups is 3. The molecule has 0 aromatic heterocycles. The van der Waals surface area contributed by atoms with Gasteiger partial charge in [0.05, 0.1) is 11.1 Å². The van der Waals surface area contributed by atoms with Crippen LogP contribution in [0, 0.1) is 5.92 Å². The van der Waals surface area contributed by atoms with E-state index in [9.17, 15) is 19.2 Å². The van der Waals surface area contributed by atoms with Crippen molar-refractivity contribution >= 4 is 23.6 Å². The van der Waals surface area contributed by atoms with Crippen molar-refractivity contribution in [3.8, 4) is 0 Å². The standard InChI is InChI=1S/C15H14N2O4/c1-9-6-12(18)16(7-9)8-13(19)17-14(20)10-4-2-3-5-11(10)15(17)21/h2-5,9H,6-8H2,1H3/t9-/m1/s1. The fourth-order valence-corrected chi connectivity index (χ4v) is 2.77. The van der Waals surface area contributed by atoms with Crippen LogP contribution in [0.25, 0.3) is 0 Å². The summed E-state index contributed by atoms with van der Waals surface area (Å²) < 4.78 is 0. The average molecular weight is 286 g/mol. The quantitative estimate of drug-likeness (QED) is 0.749. The van der Waals surface area contributed by atoms with Gasteiger partial charge in [-0.15, -0.1) is 0 Å². The minimum atomic E-state index is -0.649. The van der Waals surface area contributed by atoms with Crippen molar-refractivity contribution in [2.75, 3.05) is 13.1 Å². The second-order valence-corrected chi connectivity index (χ2v) is 5.47. The first-order chi connectivity index (χ1) is 9.99. The van der Waals surface area contributed by atoms with Crippen molar-refractivity contribution in [3.63, 3.8) is 0 Å². The summed E-state index contributed by atoms with van der Waals surface area (Å²) >= 11 is 0. The number of nitrogens with zero attached hydrogens (tertiary/aromatic N) is 2. The van der Waals surface area contributed by atoms with Gasteiger partial charge in [-0.3, -0.25) is 19.2 Å². The second kappa shape index (κ2) is 4.80. The molecule has 0 radical (unpaired) electrons. The largest absolute Gasteiger partial charge is 0.333 e. The Hall–Kier alpha value is -2.50. The van der Waals surface area contributed by atoms with Crippen molar-refractivity contribution in [3.05, 3.63) is 35.4 Å². The zero-order valence-corrected chi connectivity index (χ0v) is 11.5. The van der Waals surface area contributed by atoms with Gasteiger partial charge in [0, 0.05) is 13.0 Å². The van der Waals surface area contributed by atoms with Gasteiger partial charge in [-0.1, -0.05) is 19.1 Å². The molecule has 1 aromatic rings. The fraction of sp³-hybridized carbons (Fsp3) is 0.333. The highest BCUT2D eigenvalue weighted by molar-refractivity contribution is 6.29. The predicted molar refractivity (Wildman–Crippen MR) is 72.3 cm³/mol. The lowest BCUT2D eigenvalue weighted by Gasteiger charge is -2.18. The lowest BCUT2D eigenvalue weighted by atomic mass is 10.1. The molecule has 0 spiro atoms. The molecule has 1 saturated heterocycles. The molecule has 1 aromatic carbocycles. The summed E-state index contributed by atoms with van der Waals surface area (Å²) in [6.07, 6.45) is 0.398. The molecule has 0 N–H and O–H groups in total. The maximum Gasteiger partial charge on any atom is 0.268 e. The number of carbonyl (C=O) groups excluding carboxylic acids is 4. The smallest absolute Gasteiger partial charge is 0.268 e. The number of likely N-dealkylation sites (tertiary alicyclic amines) is 1. The van der Waals surface area contributed by atoms with Crippen LogP contribution in [0.2, 0.25) is 0 Å². The molecule has 4 amide bonds. The molecule has 0 bridgehead atoms. The number of hydrogen-bond acceptors (Lipinski definition) is 4. The molecule has 0 saturated carbocycles. The molecule has 0 unspecified atom stereocenters. The fourth-order valence-electron chi connectivity index (χ4n) is 2.77. The van der Waals surface area contributed by atoms with E-state index in [2.05, 4.69) is 0 Å². The molecule has 108 valence electrons. The minimum Gasteiger partial charge on any atom is -0.333 e. The van der Waals surface area contributed by atoms with Crippen LogP contribution in [-0.4, -0.2) is 46.5 Å². The van der Waals surface area contributed by atoms with E-state index in [1.807, 2.05) is 6.92 Å². The molecule has 21 heavy (non-hydrogen) atoms. The number of hydrogen-bond donors (Lipinski definition) is 0. The summed E-state index contributed by atoms with van der Waals surface area (Å²) in [6, 6.07) is 6.32. The summed E-state index contributed by atoms with van der Waals surface area (Å²) in [5, 5.41) is 0. The first-order valence-electron chi connectivity index (χ1n) is 6.77. The number of benzene rings is 1. The van der Waals surface area contributed by atoms with Crippen molar-refractivity contribution in [1.82, 2.24) is 9.80 Å². The Balaban J connectivity index is 1.79. The van der Waals surface area contributed by atoms with E-state index in [0.29, 0.717) is 17.9 Å². The lowest BCUT2D eigenvalue weighted by Crippen LogP contribution is -2.43. The van der Waals surface area contributed by atoms with Crippen LogP contribution in [0.15, 0.2) is 24.3 Å². The van der Waals surface area contributed by atoms with Gasteiger partial charge in [-0.25, -0.2) is 4.90 Å². The maximum absolute atomic E-state index is 12.2. The zero-order valence-electron chi connectivity index (χ0n) is 11.5. The van der Waals surface area contributed by atoms with Gasteiger partial charge in [-0.05, 0) is 18.1 Å². The van der Waals surface area contributed by atoms with Gasteiger partial charge in [0.2, 0.25) is 5.91 Å². The number of rotatable bonds is 2. The molecule has 3 rings (SSSR count). The van der Waals surface area contributed by atoms with Gasteiger partial charge in [0.1, 0.15) is 6.54 Å². The topological polar surface area (TPSA) is 74.8 Å². The van der Waals surface area contributed by atoms with Gasteiger partial charge >= 0.3 is 0 Å². The Morgan fingerprint density at radius 2 is 1.71 bits per heavy atom. The van der Waals surface area contributed by atoms with Gasteiger partial charge < -0.3 is 4.90 Å². The molecule has 2 aliphatic heterocycles. The highest BCUT2D eigenvalue weighted by Gasteiger charge is 2.41. The molecule has 2 aliphatic rings. The first kappa shape index (κ1) is 13.5. The van der Waals surface area contributed by atoms with E-state index < -0.39 is 17.7 Å². The van der Waals surface area contributed by atoms with Crippen LogP contribution in [0.3, 0.4) is 0 Å². The van der Waals surface area contributed by atoms with Crippen LogP contribution >= 0.6 is 0 Å². The summed E-state index contributed by atoms with van der Waals surface area (Å²) in [4.78, 5) is 50.3. The predicted octanol–water partition coefficient (Wildman–Crippen LogP) is 0.678. The molecule has 2 heterocycles. The van der Waals surface area contributed by atoms with E-state index >= 15 is 0 Å². The summed E-state index contributed by atoms with van der Waals surface area (Å²) in [7, 11) is 0. The summed E-state index contributed by atoms with van der Waals surface area (Å²) in [6.45, 7) is 2.17. The summed E-state index contributed by atoms with van der Waals surface area (Å²) in [5.41, 5.74) is 0.467. The van der Waals surface area contributed by atoms with Crippen LogP contribution in [0.4, 0.5) is 0 Å². The third kappa shape index (κ3) is 2.12. The van der Waals surface area contributed by atoms with Gasteiger partial charge in [0.25, 0.3) is 17.7 Å². The van der Waals surface area contributed by atoms with Gasteiger partial charge in [-0.2, -0.15) is 0 Å².